The molecule has 1 aromatic heterocycles. The largest absolute Gasteiger partial charge is 0.440 e. The lowest BCUT2D eigenvalue weighted by atomic mass is 10.1. The van der Waals surface area contributed by atoms with E-state index in [2.05, 4.69) is 15.1 Å². The van der Waals surface area contributed by atoms with Crippen molar-refractivity contribution in [2.24, 2.45) is 0 Å². The molecule has 1 N–H and O–H groups in total. The quantitative estimate of drug-likeness (QED) is 0.777. The van der Waals surface area contributed by atoms with Crippen molar-refractivity contribution in [3.63, 3.8) is 0 Å². The first kappa shape index (κ1) is 19.5. The molecule has 1 aromatic carbocycles. The van der Waals surface area contributed by atoms with Crippen molar-refractivity contribution >= 4 is 57.6 Å². The molecule has 2 aromatic rings. The molecule has 1 amide bonds. The lowest BCUT2D eigenvalue weighted by Crippen LogP contribution is -2.44. The smallest absolute Gasteiger partial charge is 0.278 e. The van der Waals surface area contributed by atoms with E-state index >= 15 is 0 Å². The maximum absolute atomic E-state index is 13.0. The van der Waals surface area contributed by atoms with Gasteiger partial charge in [-0.05, 0) is 19.2 Å². The van der Waals surface area contributed by atoms with Gasteiger partial charge in [-0.3, -0.25) is 19.8 Å². The summed E-state index contributed by atoms with van der Waals surface area (Å²) in [5.41, 5.74) is 0.500. The molecule has 0 spiro atoms. The van der Waals surface area contributed by atoms with Crippen molar-refractivity contribution in [1.82, 2.24) is 9.80 Å². The highest BCUT2D eigenvalue weighted by molar-refractivity contribution is 6.76. The lowest BCUT2D eigenvalue weighted by molar-refractivity contribution is -0.115. The first-order chi connectivity index (χ1) is 12.3. The van der Waals surface area contributed by atoms with Gasteiger partial charge in [0, 0.05) is 32.7 Å². The molecule has 6 nitrogen and oxygen atoms in total. The second kappa shape index (κ2) is 7.74. The zero-order chi connectivity index (χ0) is 18.9. The fourth-order valence-electron chi connectivity index (χ4n) is 2.83. The second-order valence-corrected chi connectivity index (χ2v) is 8.55. The first-order valence-corrected chi connectivity index (χ1v) is 9.23. The Morgan fingerprint density at radius 1 is 1.19 bits per heavy atom. The molecule has 0 radical (unpaired) electrons. The molecule has 1 saturated heterocycles. The van der Waals surface area contributed by atoms with Gasteiger partial charge in [-0.15, -0.1) is 0 Å². The first-order valence-electron chi connectivity index (χ1n) is 8.09. The summed E-state index contributed by atoms with van der Waals surface area (Å²) in [6.07, 6.45) is 0. The summed E-state index contributed by atoms with van der Waals surface area (Å²) in [4.78, 5) is 29.4. The molecule has 1 fully saturated rings. The Morgan fingerprint density at radius 2 is 1.85 bits per heavy atom. The number of halogens is 3. The Morgan fingerprint density at radius 3 is 2.50 bits per heavy atom. The van der Waals surface area contributed by atoms with E-state index in [1.54, 1.807) is 24.3 Å². The summed E-state index contributed by atoms with van der Waals surface area (Å²) < 4.78 is 3.60. The predicted molar refractivity (Wildman–Crippen MR) is 104 cm³/mol. The third-order valence-electron chi connectivity index (χ3n) is 4.35. The van der Waals surface area contributed by atoms with E-state index in [-0.39, 0.29) is 11.3 Å². The standard InChI is InChI=1S/C17H18Cl3N3O3/c1-22-6-8-23(9-7-22)10-12-14(24)11-4-2-3-5-13(11)26-15(12)21-16(25)17(18,19)20/h2-5H,6-10H2,1H3,(H,21,25). The summed E-state index contributed by atoms with van der Waals surface area (Å²) >= 11 is 16.9. The molecule has 0 bridgehead atoms. The Bertz CT molecular complexity index is 871. The number of anilines is 1. The summed E-state index contributed by atoms with van der Waals surface area (Å²) in [7, 11) is 2.05. The highest BCUT2D eigenvalue weighted by Crippen LogP contribution is 2.29. The fraction of sp³-hybridized carbons (Fsp3) is 0.412. The number of amides is 1. The van der Waals surface area contributed by atoms with Crippen LogP contribution in [0.15, 0.2) is 33.5 Å². The van der Waals surface area contributed by atoms with Gasteiger partial charge < -0.3 is 9.32 Å². The summed E-state index contributed by atoms with van der Waals surface area (Å²) in [5, 5.41) is 2.89. The van der Waals surface area contributed by atoms with Gasteiger partial charge in [0.15, 0.2) is 5.43 Å². The van der Waals surface area contributed by atoms with Crippen LogP contribution in [0.3, 0.4) is 0 Å². The zero-order valence-corrected chi connectivity index (χ0v) is 16.4. The Labute approximate surface area is 165 Å². The maximum atomic E-state index is 13.0. The summed E-state index contributed by atoms with van der Waals surface area (Å²) in [6, 6.07) is 6.85. The van der Waals surface area contributed by atoms with Gasteiger partial charge in [0.2, 0.25) is 5.88 Å². The summed E-state index contributed by atoms with van der Waals surface area (Å²) in [6.45, 7) is 3.75. The van der Waals surface area contributed by atoms with Crippen molar-refractivity contribution in [2.75, 3.05) is 38.5 Å². The van der Waals surface area contributed by atoms with Crippen LogP contribution in [-0.2, 0) is 11.3 Å². The molecule has 0 unspecified atom stereocenters. The monoisotopic (exact) mass is 417 g/mol. The van der Waals surface area contributed by atoms with Crippen LogP contribution in [0.25, 0.3) is 11.0 Å². The van der Waals surface area contributed by atoms with E-state index < -0.39 is 9.70 Å². The van der Waals surface area contributed by atoms with E-state index in [1.165, 1.54) is 0 Å². The van der Waals surface area contributed by atoms with E-state index in [4.69, 9.17) is 39.2 Å². The number of rotatable bonds is 3. The average molecular weight is 419 g/mol. The predicted octanol–water partition coefficient (Wildman–Crippen LogP) is 2.85. The second-order valence-electron chi connectivity index (χ2n) is 6.27. The van der Waals surface area contributed by atoms with Gasteiger partial charge in [-0.1, -0.05) is 46.9 Å². The van der Waals surface area contributed by atoms with Crippen LogP contribution in [-0.4, -0.2) is 52.7 Å². The normalized spacial score (nSPS) is 16.8. The SMILES string of the molecule is CN1CCN(Cc2c(NC(=O)C(Cl)(Cl)Cl)oc3ccccc3c2=O)CC1. The lowest BCUT2D eigenvalue weighted by Gasteiger charge is -2.32. The molecule has 0 aliphatic carbocycles. The van der Waals surface area contributed by atoms with Gasteiger partial charge in [0.05, 0.1) is 10.9 Å². The van der Waals surface area contributed by atoms with Crippen LogP contribution >= 0.6 is 34.8 Å². The zero-order valence-electron chi connectivity index (χ0n) is 14.1. The topological polar surface area (TPSA) is 65.8 Å². The minimum Gasteiger partial charge on any atom is -0.440 e. The van der Waals surface area contributed by atoms with Crippen molar-refractivity contribution in [3.05, 3.63) is 40.1 Å². The van der Waals surface area contributed by atoms with Crippen LogP contribution in [0.5, 0.6) is 0 Å². The molecular weight excluding hydrogens is 401 g/mol. The number of fused-ring (bicyclic) bond motifs is 1. The minimum absolute atomic E-state index is 0.0175. The molecule has 0 atom stereocenters. The molecule has 26 heavy (non-hydrogen) atoms. The molecule has 0 saturated carbocycles. The van der Waals surface area contributed by atoms with Gasteiger partial charge in [-0.25, -0.2) is 0 Å². The van der Waals surface area contributed by atoms with Gasteiger partial charge in [0.25, 0.3) is 9.70 Å². The number of benzene rings is 1. The number of alkyl halides is 3. The van der Waals surface area contributed by atoms with E-state index in [9.17, 15) is 9.59 Å². The number of hydrogen-bond acceptors (Lipinski definition) is 5. The summed E-state index contributed by atoms with van der Waals surface area (Å²) in [5.74, 6) is -0.857. The van der Waals surface area contributed by atoms with Crippen molar-refractivity contribution < 1.29 is 9.21 Å². The van der Waals surface area contributed by atoms with Crippen LogP contribution < -0.4 is 10.7 Å². The number of hydrogen-bond donors (Lipinski definition) is 1. The van der Waals surface area contributed by atoms with Gasteiger partial charge in [-0.2, -0.15) is 0 Å². The van der Waals surface area contributed by atoms with Crippen LogP contribution in [0.4, 0.5) is 5.88 Å². The Balaban J connectivity index is 2.00. The third-order valence-corrected chi connectivity index (χ3v) is 4.87. The van der Waals surface area contributed by atoms with Crippen LogP contribution in [0, 0.1) is 0 Å². The van der Waals surface area contributed by atoms with Crippen molar-refractivity contribution in [3.8, 4) is 0 Å². The van der Waals surface area contributed by atoms with Gasteiger partial charge >= 0.3 is 0 Å². The third kappa shape index (κ3) is 4.32. The van der Waals surface area contributed by atoms with Crippen LogP contribution in [0.2, 0.25) is 0 Å². The minimum atomic E-state index is -2.16. The number of nitrogens with zero attached hydrogens (tertiary/aromatic N) is 2. The van der Waals surface area contributed by atoms with Crippen molar-refractivity contribution in [1.29, 1.82) is 0 Å². The number of nitrogens with one attached hydrogen (secondary N) is 1. The average Bonchev–Trinajstić information content (AvgIpc) is 2.59. The number of carbonyl (C=O) groups excluding carboxylic acids is 1. The highest BCUT2D eigenvalue weighted by Gasteiger charge is 2.32. The van der Waals surface area contributed by atoms with Crippen LogP contribution in [0.1, 0.15) is 5.56 Å². The molecule has 3 rings (SSSR count). The molecule has 1 aliphatic rings. The van der Waals surface area contributed by atoms with E-state index in [0.717, 1.165) is 26.2 Å². The number of para-hydroxylation sites is 1. The molecule has 1 aliphatic heterocycles. The Kier molecular flexibility index (Phi) is 5.79. The van der Waals surface area contributed by atoms with E-state index in [1.807, 2.05) is 7.05 Å². The molecule has 140 valence electrons. The number of carbonyl (C=O) groups is 1. The molecule has 2 heterocycles. The van der Waals surface area contributed by atoms with E-state index in [0.29, 0.717) is 23.1 Å². The molecule has 9 heteroatoms. The highest BCUT2D eigenvalue weighted by atomic mass is 35.6. The fourth-order valence-corrected chi connectivity index (χ4v) is 2.97. The number of likely N-dealkylation sites (N-methyl/N-ethyl adjacent to an activating group) is 1. The van der Waals surface area contributed by atoms with Gasteiger partial charge in [0.1, 0.15) is 5.58 Å². The maximum Gasteiger partial charge on any atom is 0.278 e. The molecular formula is C17H18Cl3N3O3. The Hall–Kier alpha value is -1.31. The van der Waals surface area contributed by atoms with Crippen molar-refractivity contribution in [2.45, 2.75) is 10.3 Å². The number of piperazine rings is 1.